The number of hydrogen-bond acceptors (Lipinski definition) is 1. The summed E-state index contributed by atoms with van der Waals surface area (Å²) in [4.78, 5) is 0. The van der Waals surface area contributed by atoms with Gasteiger partial charge in [0.1, 0.15) is 0 Å². The first kappa shape index (κ1) is 24.7. The summed E-state index contributed by atoms with van der Waals surface area (Å²) in [6.07, 6.45) is 0. The molecule has 0 saturated carbocycles. The van der Waals surface area contributed by atoms with Crippen LogP contribution < -0.4 is 0 Å². The van der Waals surface area contributed by atoms with Crippen molar-refractivity contribution < 1.29 is 22.6 Å². The van der Waals surface area contributed by atoms with E-state index < -0.39 is 0 Å². The molecule has 0 radical (unpaired) electrons. The van der Waals surface area contributed by atoms with Gasteiger partial charge >= 0.3 is 29.9 Å². The molecule has 0 aromatic carbocycles. The second-order valence-corrected chi connectivity index (χ2v) is 0. The Balaban J connectivity index is -0.000000000833. The van der Waals surface area contributed by atoms with E-state index in [1.807, 2.05) is 0 Å². The molecule has 3 heteroatoms. The van der Waals surface area contributed by atoms with Crippen LogP contribution >= 0.6 is 0 Å². The Bertz CT molecular complexity index is 13.5. The third-order valence-electron chi connectivity index (χ3n) is 0. The maximum atomic E-state index is 7.81. The van der Waals surface area contributed by atoms with Crippen LogP contribution in [0.2, 0.25) is 0 Å². The van der Waals surface area contributed by atoms with Gasteiger partial charge < -0.3 is 10.3 Å². The minimum atomic E-state index is 0. The first-order valence-corrected chi connectivity index (χ1v) is 0.508. The molecule has 0 unspecified atom stereocenters. The van der Waals surface area contributed by atoms with Gasteiger partial charge in [0.05, 0.1) is 0 Å². The molecule has 0 N–H and O–H groups in total. The fraction of sp³-hybridized carbons (Fsp3) is 0. The number of hydrogen-bond donors (Lipinski definition) is 0. The van der Waals surface area contributed by atoms with Gasteiger partial charge in [-0.25, -0.2) is 0 Å². The quantitative estimate of drug-likeness (QED) is 0.317. The summed E-state index contributed by atoms with van der Waals surface area (Å²) in [5.41, 5.74) is 0. The Morgan fingerprint density at radius 1 is 1.50 bits per heavy atom. The third-order valence-corrected chi connectivity index (χ3v) is 0. The van der Waals surface area contributed by atoms with Gasteiger partial charge in [0.2, 0.25) is 0 Å². The topological polar surface area (TPSA) is 17.1 Å². The normalized spacial score (nSPS) is 1.50. The predicted octanol–water partition coefficient (Wildman–Crippen LogP) is 0.173. The molecular weight excluding hydrogens is 101 g/mol. The van der Waals surface area contributed by atoms with Crippen molar-refractivity contribution in [1.82, 2.24) is 0 Å². The molecule has 0 saturated heterocycles. The molecule has 0 aromatic rings. The van der Waals surface area contributed by atoms with Crippen molar-refractivity contribution in [3.8, 4) is 0 Å². The summed E-state index contributed by atoms with van der Waals surface area (Å²) in [5, 5.41) is 0. The molecule has 4 heavy (non-hydrogen) atoms. The standard InChI is InChI=1S/CH3.Be.Cu.O.2H/h1H3;;;;;/q-1;+2;;;2*-1. The van der Waals surface area contributed by atoms with E-state index in [0.29, 0.717) is 0 Å². The molecule has 0 aliphatic heterocycles. The molecular formula is CH5BeCuO-. The number of rotatable bonds is 0. The first-order valence-electron chi connectivity index (χ1n) is 0.123. The SMILES string of the molecule is [Be+2].[CH3-].[H-].[H-].[O]=[Cu]. The Morgan fingerprint density at radius 2 is 1.50 bits per heavy atom. The van der Waals surface area contributed by atoms with E-state index in [-0.39, 0.29) is 20.4 Å². The van der Waals surface area contributed by atoms with Crippen molar-refractivity contribution in [3.05, 3.63) is 7.43 Å². The van der Waals surface area contributed by atoms with E-state index in [4.69, 9.17) is 3.83 Å². The van der Waals surface area contributed by atoms with Crippen molar-refractivity contribution in [2.24, 2.45) is 0 Å². The van der Waals surface area contributed by atoms with Crippen LogP contribution in [0.3, 0.4) is 0 Å². The van der Waals surface area contributed by atoms with Gasteiger partial charge in [-0.2, -0.15) is 0 Å². The molecule has 1 nitrogen and oxygen atoms in total. The van der Waals surface area contributed by atoms with E-state index >= 15 is 0 Å². The van der Waals surface area contributed by atoms with Crippen molar-refractivity contribution in [2.45, 2.75) is 0 Å². The second kappa shape index (κ2) is 90.6. The van der Waals surface area contributed by atoms with E-state index in [2.05, 4.69) is 15.9 Å². The van der Waals surface area contributed by atoms with Crippen LogP contribution in [-0.4, -0.2) is 10.1 Å². The van der Waals surface area contributed by atoms with Crippen LogP contribution in [0.1, 0.15) is 2.85 Å². The van der Waals surface area contributed by atoms with Gasteiger partial charge in [0.15, 0.2) is 0 Å². The summed E-state index contributed by atoms with van der Waals surface area (Å²) in [7, 11) is 0. The fourth-order valence-corrected chi connectivity index (χ4v) is 0. The Kier molecular flexibility index (Phi) is 558. The first-order chi connectivity index (χ1) is 1.00. The van der Waals surface area contributed by atoms with Crippen LogP contribution in [0.5, 0.6) is 0 Å². The third kappa shape index (κ3) is 23.1. The predicted molar refractivity (Wildman–Crippen MR) is 15.1 cm³/mol. The van der Waals surface area contributed by atoms with Gasteiger partial charge in [-0.3, -0.25) is 0 Å². The van der Waals surface area contributed by atoms with Gasteiger partial charge in [-0.05, 0) is 0 Å². The Morgan fingerprint density at radius 3 is 1.50 bits per heavy atom. The molecule has 0 heterocycles. The van der Waals surface area contributed by atoms with Crippen LogP contribution in [0, 0.1) is 7.43 Å². The molecule has 0 aromatic heterocycles. The van der Waals surface area contributed by atoms with Gasteiger partial charge in [-0.15, -0.1) is 0 Å². The van der Waals surface area contributed by atoms with E-state index in [0.717, 1.165) is 0 Å². The molecule has 0 atom stereocenters. The maximum absolute atomic E-state index is 7.81. The summed E-state index contributed by atoms with van der Waals surface area (Å²) < 4.78 is 7.81. The van der Waals surface area contributed by atoms with Crippen LogP contribution in [-0.2, 0) is 19.8 Å². The molecule has 0 aliphatic rings. The van der Waals surface area contributed by atoms with Crippen molar-refractivity contribution >= 4 is 10.1 Å². The van der Waals surface area contributed by atoms with Crippen LogP contribution in [0.15, 0.2) is 0 Å². The fourth-order valence-electron chi connectivity index (χ4n) is 0. The van der Waals surface area contributed by atoms with E-state index in [9.17, 15) is 0 Å². The van der Waals surface area contributed by atoms with Gasteiger partial charge in [0, 0.05) is 0 Å². The molecule has 0 amide bonds. The van der Waals surface area contributed by atoms with Crippen LogP contribution in [0.4, 0.5) is 0 Å². The van der Waals surface area contributed by atoms with Crippen molar-refractivity contribution in [1.29, 1.82) is 0 Å². The molecule has 0 bridgehead atoms. The average Bonchev–Trinajstić information content (AvgIpc) is 1.00. The average molecular weight is 106 g/mol. The minimum absolute atomic E-state index is 0. The van der Waals surface area contributed by atoms with Crippen molar-refractivity contribution in [3.63, 3.8) is 0 Å². The van der Waals surface area contributed by atoms with E-state index in [1.54, 1.807) is 0 Å². The summed E-state index contributed by atoms with van der Waals surface area (Å²) >= 11 is 2.94. The zero-order valence-corrected chi connectivity index (χ0v) is 3.36. The second-order valence-electron chi connectivity index (χ2n) is 0. The molecule has 0 rings (SSSR count). The van der Waals surface area contributed by atoms with Gasteiger partial charge in [0.25, 0.3) is 0 Å². The molecule has 0 fully saturated rings. The summed E-state index contributed by atoms with van der Waals surface area (Å²) in [5.74, 6) is 0. The zero-order chi connectivity index (χ0) is 2.00. The summed E-state index contributed by atoms with van der Waals surface area (Å²) in [6, 6.07) is 0. The van der Waals surface area contributed by atoms with Gasteiger partial charge in [-0.1, -0.05) is 0 Å². The molecule has 29 valence electrons. The summed E-state index contributed by atoms with van der Waals surface area (Å²) in [6.45, 7) is 0. The van der Waals surface area contributed by atoms with Crippen LogP contribution in [0.25, 0.3) is 0 Å². The molecule has 0 spiro atoms. The monoisotopic (exact) mass is 105 g/mol. The Hall–Kier alpha value is 0.488. The zero-order valence-electron chi connectivity index (χ0n) is 4.42. The van der Waals surface area contributed by atoms with Crippen molar-refractivity contribution in [2.75, 3.05) is 0 Å². The Labute approximate surface area is 41.0 Å². The molecule has 0 aliphatic carbocycles. The van der Waals surface area contributed by atoms with E-state index in [1.165, 1.54) is 0 Å².